The molecule has 1 amide bonds. The fraction of sp³-hybridized carbons (Fsp3) is 0.562. The number of hydrogen-bond acceptors (Lipinski definition) is 5. The van der Waals surface area contributed by atoms with Crippen molar-refractivity contribution in [1.82, 2.24) is 10.2 Å². The monoisotopic (exact) mass is 308 g/mol. The summed E-state index contributed by atoms with van der Waals surface area (Å²) >= 11 is 0. The van der Waals surface area contributed by atoms with E-state index in [-0.39, 0.29) is 17.2 Å². The Kier molecular flexibility index (Phi) is 6.48. The highest BCUT2D eigenvalue weighted by Gasteiger charge is 2.13. The van der Waals surface area contributed by atoms with Crippen molar-refractivity contribution in [3.63, 3.8) is 0 Å². The molecule has 0 atom stereocenters. The van der Waals surface area contributed by atoms with Gasteiger partial charge in [-0.2, -0.15) is 0 Å². The zero-order valence-corrected chi connectivity index (χ0v) is 13.0. The minimum atomic E-state index is -0.271. The molecule has 2 rings (SSSR count). The Morgan fingerprint density at radius 2 is 2.18 bits per heavy atom. The molecule has 1 saturated heterocycles. The van der Waals surface area contributed by atoms with Crippen LogP contribution in [0.25, 0.3) is 0 Å². The summed E-state index contributed by atoms with van der Waals surface area (Å²) in [6.45, 7) is 7.21. The lowest BCUT2D eigenvalue weighted by Gasteiger charge is -2.26. The lowest BCUT2D eigenvalue weighted by Crippen LogP contribution is -2.41. The van der Waals surface area contributed by atoms with E-state index < -0.39 is 0 Å². The minimum Gasteiger partial charge on any atom is -0.507 e. The molecule has 1 aromatic carbocycles. The first-order chi connectivity index (χ1) is 10.7. The van der Waals surface area contributed by atoms with Crippen LogP contribution < -0.4 is 10.1 Å². The summed E-state index contributed by atoms with van der Waals surface area (Å²) < 4.78 is 10.7. The van der Waals surface area contributed by atoms with Gasteiger partial charge in [0.2, 0.25) is 0 Å². The molecule has 0 saturated carbocycles. The molecule has 1 heterocycles. The topological polar surface area (TPSA) is 71.0 Å². The van der Waals surface area contributed by atoms with Gasteiger partial charge in [-0.05, 0) is 18.6 Å². The Labute approximate surface area is 131 Å². The molecule has 0 bridgehead atoms. The number of nitrogens with one attached hydrogen (secondary N) is 1. The van der Waals surface area contributed by atoms with Crippen molar-refractivity contribution in [2.24, 2.45) is 0 Å². The molecular weight excluding hydrogens is 284 g/mol. The number of nitrogens with zero attached hydrogens (tertiary/aromatic N) is 1. The Morgan fingerprint density at radius 1 is 1.41 bits per heavy atom. The van der Waals surface area contributed by atoms with Gasteiger partial charge in [0.15, 0.2) is 0 Å². The zero-order valence-electron chi connectivity index (χ0n) is 13.0. The summed E-state index contributed by atoms with van der Waals surface area (Å²) in [6, 6.07) is 4.77. The van der Waals surface area contributed by atoms with Crippen molar-refractivity contribution < 1.29 is 19.4 Å². The zero-order chi connectivity index (χ0) is 15.8. The molecular formula is C16H24N2O4. The average molecular weight is 308 g/mol. The Balaban J connectivity index is 1.81. The normalized spacial score (nSPS) is 15.5. The second-order valence-corrected chi connectivity index (χ2v) is 5.24. The van der Waals surface area contributed by atoms with Crippen LogP contribution in [0.5, 0.6) is 11.5 Å². The van der Waals surface area contributed by atoms with E-state index in [1.807, 2.05) is 6.92 Å². The van der Waals surface area contributed by atoms with Crippen LogP contribution >= 0.6 is 0 Å². The minimum absolute atomic E-state index is 0.0579. The highest BCUT2D eigenvalue weighted by Crippen LogP contribution is 2.23. The summed E-state index contributed by atoms with van der Waals surface area (Å²) in [7, 11) is 0. The van der Waals surface area contributed by atoms with Crippen LogP contribution in [0.15, 0.2) is 18.2 Å². The molecule has 122 valence electrons. The van der Waals surface area contributed by atoms with Gasteiger partial charge in [-0.1, -0.05) is 6.92 Å². The SMILES string of the molecule is CCCOc1ccc(C(=O)NCCN2CCOCC2)c(O)c1. The number of morpholine rings is 1. The molecule has 22 heavy (non-hydrogen) atoms. The molecule has 0 aliphatic carbocycles. The number of rotatable bonds is 7. The van der Waals surface area contributed by atoms with Crippen molar-refractivity contribution in [1.29, 1.82) is 0 Å². The number of carbonyl (C=O) groups excluding carboxylic acids is 1. The first-order valence-electron chi connectivity index (χ1n) is 7.75. The number of ether oxygens (including phenoxy) is 2. The predicted molar refractivity (Wildman–Crippen MR) is 83.5 cm³/mol. The van der Waals surface area contributed by atoms with Gasteiger partial charge in [0.25, 0.3) is 5.91 Å². The number of benzene rings is 1. The quantitative estimate of drug-likeness (QED) is 0.793. The van der Waals surface area contributed by atoms with Gasteiger partial charge >= 0.3 is 0 Å². The molecule has 1 fully saturated rings. The highest BCUT2D eigenvalue weighted by atomic mass is 16.5. The summed E-state index contributed by atoms with van der Waals surface area (Å²) in [5.74, 6) is 0.245. The van der Waals surface area contributed by atoms with Crippen LogP contribution in [0.4, 0.5) is 0 Å². The smallest absolute Gasteiger partial charge is 0.255 e. The Morgan fingerprint density at radius 3 is 2.86 bits per heavy atom. The molecule has 2 N–H and O–H groups in total. The number of phenols is 1. The third kappa shape index (κ3) is 4.89. The molecule has 1 aliphatic rings. The van der Waals surface area contributed by atoms with E-state index in [0.29, 0.717) is 18.9 Å². The molecule has 0 unspecified atom stereocenters. The van der Waals surface area contributed by atoms with Crippen molar-refractivity contribution in [3.05, 3.63) is 23.8 Å². The van der Waals surface area contributed by atoms with Gasteiger partial charge in [-0.3, -0.25) is 9.69 Å². The van der Waals surface area contributed by atoms with Crippen molar-refractivity contribution in [2.45, 2.75) is 13.3 Å². The molecule has 1 aromatic rings. The van der Waals surface area contributed by atoms with Gasteiger partial charge < -0.3 is 19.9 Å². The Bertz CT molecular complexity index is 487. The number of carbonyl (C=O) groups is 1. The molecule has 1 aliphatic heterocycles. The van der Waals surface area contributed by atoms with E-state index in [1.54, 1.807) is 12.1 Å². The fourth-order valence-electron chi connectivity index (χ4n) is 2.26. The van der Waals surface area contributed by atoms with E-state index >= 15 is 0 Å². The van der Waals surface area contributed by atoms with E-state index in [2.05, 4.69) is 10.2 Å². The van der Waals surface area contributed by atoms with Crippen LogP contribution in [0.3, 0.4) is 0 Å². The maximum Gasteiger partial charge on any atom is 0.255 e. The molecule has 0 radical (unpaired) electrons. The number of phenolic OH excluding ortho intramolecular Hbond substituents is 1. The summed E-state index contributed by atoms with van der Waals surface area (Å²) in [5.41, 5.74) is 0.269. The van der Waals surface area contributed by atoms with Crippen LogP contribution in [0.2, 0.25) is 0 Å². The summed E-state index contributed by atoms with van der Waals surface area (Å²) in [6.07, 6.45) is 0.893. The standard InChI is InChI=1S/C16H24N2O4/c1-2-9-22-13-3-4-14(15(19)12-13)16(20)17-5-6-18-7-10-21-11-8-18/h3-4,12,19H,2,5-11H2,1H3,(H,17,20). The maximum absolute atomic E-state index is 12.1. The summed E-state index contributed by atoms with van der Waals surface area (Å²) in [4.78, 5) is 14.3. The number of amides is 1. The van der Waals surface area contributed by atoms with Crippen LogP contribution in [-0.2, 0) is 4.74 Å². The molecule has 6 nitrogen and oxygen atoms in total. The van der Waals surface area contributed by atoms with Gasteiger partial charge in [0.05, 0.1) is 25.4 Å². The first-order valence-corrected chi connectivity index (χ1v) is 7.75. The van der Waals surface area contributed by atoms with E-state index in [0.717, 1.165) is 39.3 Å². The lowest BCUT2D eigenvalue weighted by atomic mass is 10.2. The second-order valence-electron chi connectivity index (χ2n) is 5.24. The lowest BCUT2D eigenvalue weighted by molar-refractivity contribution is 0.0383. The van der Waals surface area contributed by atoms with Gasteiger partial charge in [-0.15, -0.1) is 0 Å². The van der Waals surface area contributed by atoms with Gasteiger partial charge in [0, 0.05) is 32.2 Å². The van der Waals surface area contributed by atoms with E-state index in [9.17, 15) is 9.90 Å². The third-order valence-corrected chi connectivity index (χ3v) is 3.50. The molecule has 0 aromatic heterocycles. The predicted octanol–water partition coefficient (Wildman–Crippen LogP) is 1.24. The van der Waals surface area contributed by atoms with Crippen molar-refractivity contribution in [2.75, 3.05) is 46.0 Å². The number of hydrogen-bond donors (Lipinski definition) is 2. The van der Waals surface area contributed by atoms with Crippen molar-refractivity contribution >= 4 is 5.91 Å². The molecule has 6 heteroatoms. The third-order valence-electron chi connectivity index (χ3n) is 3.50. The highest BCUT2D eigenvalue weighted by molar-refractivity contribution is 5.96. The van der Waals surface area contributed by atoms with E-state index in [1.165, 1.54) is 6.07 Å². The number of aromatic hydroxyl groups is 1. The fourth-order valence-corrected chi connectivity index (χ4v) is 2.26. The van der Waals surface area contributed by atoms with Crippen LogP contribution in [0, 0.1) is 0 Å². The maximum atomic E-state index is 12.1. The van der Waals surface area contributed by atoms with Gasteiger partial charge in [-0.25, -0.2) is 0 Å². The van der Waals surface area contributed by atoms with Crippen LogP contribution in [0.1, 0.15) is 23.7 Å². The second kappa shape index (κ2) is 8.60. The van der Waals surface area contributed by atoms with Gasteiger partial charge in [0.1, 0.15) is 11.5 Å². The summed E-state index contributed by atoms with van der Waals surface area (Å²) in [5, 5.41) is 12.8. The average Bonchev–Trinajstić information content (AvgIpc) is 2.54. The van der Waals surface area contributed by atoms with Crippen molar-refractivity contribution in [3.8, 4) is 11.5 Å². The first kappa shape index (κ1) is 16.6. The van der Waals surface area contributed by atoms with E-state index in [4.69, 9.17) is 9.47 Å². The Hall–Kier alpha value is -1.79. The van der Waals surface area contributed by atoms with Crippen LogP contribution in [-0.4, -0.2) is 61.9 Å². The molecule has 0 spiro atoms. The largest absolute Gasteiger partial charge is 0.507 e.